The summed E-state index contributed by atoms with van der Waals surface area (Å²) in [6.07, 6.45) is 2.36. The molecule has 146 valence electrons. The maximum atomic E-state index is 13.2. The second-order valence-electron chi connectivity index (χ2n) is 7.31. The van der Waals surface area contributed by atoms with Crippen LogP contribution in [-0.2, 0) is 0 Å². The number of carbonyl (C=O) groups is 2. The first kappa shape index (κ1) is 18.5. The summed E-state index contributed by atoms with van der Waals surface area (Å²) in [4.78, 5) is 30.2. The molecular weight excluding hydrogens is 354 g/mol. The second-order valence-corrected chi connectivity index (χ2v) is 7.31. The minimum Gasteiger partial charge on any atom is -0.497 e. The van der Waals surface area contributed by atoms with Crippen LogP contribution in [-0.4, -0.2) is 60.9 Å². The van der Waals surface area contributed by atoms with Crippen molar-refractivity contribution in [3.05, 3.63) is 59.7 Å². The van der Waals surface area contributed by atoms with E-state index in [0.717, 1.165) is 32.6 Å². The molecule has 2 aromatic carbocycles. The fraction of sp³-hybridized carbons (Fsp3) is 0.364. The molecule has 2 aromatic rings. The number of fused-ring (bicyclic) bond motifs is 1. The zero-order chi connectivity index (χ0) is 19.5. The van der Waals surface area contributed by atoms with E-state index >= 15 is 0 Å². The van der Waals surface area contributed by atoms with Crippen LogP contribution in [0.25, 0.3) is 0 Å². The molecule has 0 aromatic heterocycles. The average Bonchev–Trinajstić information content (AvgIpc) is 3.21. The molecule has 0 radical (unpaired) electrons. The van der Waals surface area contributed by atoms with Crippen LogP contribution < -0.4 is 10.1 Å². The van der Waals surface area contributed by atoms with Crippen LogP contribution in [0.5, 0.6) is 5.75 Å². The number of anilines is 1. The molecule has 0 bridgehead atoms. The number of carbonyl (C=O) groups excluding carboxylic acids is 2. The highest BCUT2D eigenvalue weighted by Gasteiger charge is 2.33. The molecule has 6 heteroatoms. The molecule has 1 atom stereocenters. The van der Waals surface area contributed by atoms with Gasteiger partial charge in [0.2, 0.25) is 0 Å². The molecule has 0 aliphatic carbocycles. The standard InChI is InChI=1S/C22H25N3O3/c1-28-18-10-8-16(9-11-18)21(26)23-20-7-3-2-6-19(20)22(27)25-14-13-24-12-4-5-17(24)15-25/h2-3,6-11,17H,4-5,12-15H2,1H3,(H,23,26). The lowest BCUT2D eigenvalue weighted by Gasteiger charge is -2.37. The van der Waals surface area contributed by atoms with E-state index in [4.69, 9.17) is 4.74 Å². The minimum atomic E-state index is -0.247. The van der Waals surface area contributed by atoms with E-state index in [0.29, 0.717) is 28.6 Å². The van der Waals surface area contributed by atoms with Gasteiger partial charge in [-0.3, -0.25) is 14.5 Å². The number of hydrogen-bond donors (Lipinski definition) is 1. The normalized spacial score (nSPS) is 19.2. The van der Waals surface area contributed by atoms with Crippen molar-refractivity contribution in [2.24, 2.45) is 0 Å². The Morgan fingerprint density at radius 3 is 2.61 bits per heavy atom. The first-order valence-electron chi connectivity index (χ1n) is 9.73. The predicted molar refractivity (Wildman–Crippen MR) is 108 cm³/mol. The van der Waals surface area contributed by atoms with Crippen molar-refractivity contribution < 1.29 is 14.3 Å². The number of nitrogens with one attached hydrogen (secondary N) is 1. The third kappa shape index (κ3) is 3.73. The molecule has 4 rings (SSSR count). The molecular formula is C22H25N3O3. The Kier molecular flexibility index (Phi) is 5.30. The lowest BCUT2D eigenvalue weighted by atomic mass is 10.1. The lowest BCUT2D eigenvalue weighted by Crippen LogP contribution is -2.52. The predicted octanol–water partition coefficient (Wildman–Crippen LogP) is 2.87. The van der Waals surface area contributed by atoms with Gasteiger partial charge >= 0.3 is 0 Å². The van der Waals surface area contributed by atoms with Crippen LogP contribution in [0.3, 0.4) is 0 Å². The van der Waals surface area contributed by atoms with Crippen LogP contribution in [0.2, 0.25) is 0 Å². The minimum absolute atomic E-state index is 0.0165. The highest BCUT2D eigenvalue weighted by atomic mass is 16.5. The number of piperazine rings is 1. The summed E-state index contributed by atoms with van der Waals surface area (Å²) in [6, 6.07) is 14.6. The van der Waals surface area contributed by atoms with Gasteiger partial charge in [0.15, 0.2) is 0 Å². The Morgan fingerprint density at radius 1 is 1.04 bits per heavy atom. The fourth-order valence-corrected chi connectivity index (χ4v) is 4.06. The smallest absolute Gasteiger partial charge is 0.256 e. The average molecular weight is 379 g/mol. The summed E-state index contributed by atoms with van der Waals surface area (Å²) in [6.45, 7) is 3.56. The van der Waals surface area contributed by atoms with Crippen LogP contribution in [0.4, 0.5) is 5.69 Å². The molecule has 2 amide bonds. The lowest BCUT2D eigenvalue weighted by molar-refractivity contribution is 0.0572. The van der Waals surface area contributed by atoms with E-state index in [2.05, 4.69) is 10.2 Å². The molecule has 2 saturated heterocycles. The SMILES string of the molecule is COc1ccc(C(=O)Nc2ccccc2C(=O)N2CCN3CCCC3C2)cc1. The van der Waals surface area contributed by atoms with Gasteiger partial charge in [-0.15, -0.1) is 0 Å². The van der Waals surface area contributed by atoms with Crippen molar-refractivity contribution in [1.82, 2.24) is 9.80 Å². The van der Waals surface area contributed by atoms with Gasteiger partial charge in [0, 0.05) is 31.2 Å². The van der Waals surface area contributed by atoms with E-state index in [1.165, 1.54) is 6.42 Å². The number of methoxy groups -OCH3 is 1. The number of nitrogens with zero attached hydrogens (tertiary/aromatic N) is 2. The molecule has 6 nitrogen and oxygen atoms in total. The summed E-state index contributed by atoms with van der Waals surface area (Å²) in [5.41, 5.74) is 1.60. The maximum absolute atomic E-state index is 13.2. The maximum Gasteiger partial charge on any atom is 0.256 e. The van der Waals surface area contributed by atoms with Crippen LogP contribution in [0.15, 0.2) is 48.5 Å². The summed E-state index contributed by atoms with van der Waals surface area (Å²) in [7, 11) is 1.59. The number of ether oxygens (including phenoxy) is 1. The third-order valence-corrected chi connectivity index (χ3v) is 5.63. The highest BCUT2D eigenvalue weighted by Crippen LogP contribution is 2.25. The van der Waals surface area contributed by atoms with E-state index in [9.17, 15) is 9.59 Å². The summed E-state index contributed by atoms with van der Waals surface area (Å²) in [5, 5.41) is 2.89. The van der Waals surface area contributed by atoms with Gasteiger partial charge in [-0.25, -0.2) is 0 Å². The van der Waals surface area contributed by atoms with Gasteiger partial charge in [0.1, 0.15) is 5.75 Å². The number of rotatable bonds is 4. The number of benzene rings is 2. The Hall–Kier alpha value is -2.86. The number of amides is 2. The Balaban J connectivity index is 1.49. The summed E-state index contributed by atoms with van der Waals surface area (Å²) >= 11 is 0. The third-order valence-electron chi connectivity index (χ3n) is 5.63. The largest absolute Gasteiger partial charge is 0.497 e. The molecule has 2 heterocycles. The summed E-state index contributed by atoms with van der Waals surface area (Å²) in [5.74, 6) is 0.430. The van der Waals surface area contributed by atoms with Gasteiger partial charge in [0.05, 0.1) is 18.4 Å². The molecule has 2 fully saturated rings. The summed E-state index contributed by atoms with van der Waals surface area (Å²) < 4.78 is 5.13. The van der Waals surface area contributed by atoms with Gasteiger partial charge in [-0.1, -0.05) is 12.1 Å². The first-order chi connectivity index (χ1) is 13.7. The molecule has 0 spiro atoms. The van der Waals surface area contributed by atoms with E-state index in [1.807, 2.05) is 17.0 Å². The number of para-hydroxylation sites is 1. The Morgan fingerprint density at radius 2 is 1.82 bits per heavy atom. The van der Waals surface area contributed by atoms with Gasteiger partial charge in [-0.2, -0.15) is 0 Å². The molecule has 0 saturated carbocycles. The Labute approximate surface area is 165 Å². The van der Waals surface area contributed by atoms with Crippen molar-refractivity contribution >= 4 is 17.5 Å². The van der Waals surface area contributed by atoms with Crippen LogP contribution in [0, 0.1) is 0 Å². The molecule has 2 aliphatic rings. The van der Waals surface area contributed by atoms with Gasteiger partial charge in [-0.05, 0) is 55.8 Å². The first-order valence-corrected chi connectivity index (χ1v) is 9.73. The highest BCUT2D eigenvalue weighted by molar-refractivity contribution is 6.09. The quantitative estimate of drug-likeness (QED) is 0.887. The topological polar surface area (TPSA) is 61.9 Å². The number of hydrogen-bond acceptors (Lipinski definition) is 4. The van der Waals surface area contributed by atoms with E-state index < -0.39 is 0 Å². The van der Waals surface area contributed by atoms with Crippen molar-refractivity contribution in [3.8, 4) is 5.75 Å². The second kappa shape index (κ2) is 8.02. The monoisotopic (exact) mass is 379 g/mol. The fourth-order valence-electron chi connectivity index (χ4n) is 4.06. The zero-order valence-electron chi connectivity index (χ0n) is 16.1. The zero-order valence-corrected chi connectivity index (χ0v) is 16.1. The molecule has 1 unspecified atom stereocenters. The van der Waals surface area contributed by atoms with Crippen molar-refractivity contribution in [1.29, 1.82) is 0 Å². The van der Waals surface area contributed by atoms with Gasteiger partial charge < -0.3 is 15.0 Å². The van der Waals surface area contributed by atoms with Crippen molar-refractivity contribution in [2.45, 2.75) is 18.9 Å². The van der Waals surface area contributed by atoms with E-state index in [1.54, 1.807) is 43.5 Å². The van der Waals surface area contributed by atoms with Gasteiger partial charge in [0.25, 0.3) is 11.8 Å². The van der Waals surface area contributed by atoms with Crippen LogP contribution >= 0.6 is 0 Å². The van der Waals surface area contributed by atoms with Crippen LogP contribution in [0.1, 0.15) is 33.6 Å². The molecule has 1 N–H and O–H groups in total. The molecule has 28 heavy (non-hydrogen) atoms. The van der Waals surface area contributed by atoms with Crippen molar-refractivity contribution in [2.75, 3.05) is 38.6 Å². The van der Waals surface area contributed by atoms with E-state index in [-0.39, 0.29) is 11.8 Å². The molecule has 2 aliphatic heterocycles. The van der Waals surface area contributed by atoms with Crippen molar-refractivity contribution in [3.63, 3.8) is 0 Å². The Bertz CT molecular complexity index is 866.